The fourth-order valence-corrected chi connectivity index (χ4v) is 2.89. The molecule has 0 aliphatic heterocycles. The minimum Gasteiger partial charge on any atom is -0.330 e. The number of aromatic nitrogens is 2. The molecular formula is C17H14ClF2N3O. The first-order valence-corrected chi connectivity index (χ1v) is 7.67. The number of nitrogens with zero attached hydrogens (tertiary/aromatic N) is 2. The molecule has 0 fully saturated rings. The molecule has 1 aromatic heterocycles. The van der Waals surface area contributed by atoms with E-state index in [2.05, 4.69) is 4.98 Å². The van der Waals surface area contributed by atoms with E-state index < -0.39 is 17.2 Å². The van der Waals surface area contributed by atoms with Gasteiger partial charge in [-0.1, -0.05) is 17.7 Å². The van der Waals surface area contributed by atoms with Gasteiger partial charge in [-0.2, -0.15) is 0 Å². The van der Waals surface area contributed by atoms with Crippen molar-refractivity contribution in [2.75, 3.05) is 6.54 Å². The Morgan fingerprint density at radius 1 is 1.21 bits per heavy atom. The van der Waals surface area contributed by atoms with Gasteiger partial charge in [-0.05, 0) is 37.2 Å². The summed E-state index contributed by atoms with van der Waals surface area (Å²) in [5.74, 6) is -1.25. The van der Waals surface area contributed by atoms with Gasteiger partial charge in [-0.15, -0.1) is 0 Å². The number of fused-ring (bicyclic) bond motifs is 1. The van der Waals surface area contributed by atoms with Gasteiger partial charge >= 0.3 is 0 Å². The van der Waals surface area contributed by atoms with Crippen LogP contribution >= 0.6 is 11.6 Å². The van der Waals surface area contributed by atoms with Gasteiger partial charge in [0.2, 0.25) is 0 Å². The summed E-state index contributed by atoms with van der Waals surface area (Å²) >= 11 is 6.16. The third-order valence-corrected chi connectivity index (χ3v) is 4.03. The van der Waals surface area contributed by atoms with E-state index in [1.807, 2.05) is 6.92 Å². The summed E-state index contributed by atoms with van der Waals surface area (Å²) < 4.78 is 28.3. The minimum atomic E-state index is -0.786. The Labute approximate surface area is 141 Å². The standard InChI is InChI=1S/C17H14ClF2N3O/c1-9-2-3-13(18)15-16(9)22-14(4-5-21)23(17(15)24)12-7-10(19)6-11(20)8-12/h2-3,6-8H,4-5,21H2,1H3. The predicted molar refractivity (Wildman–Crippen MR) is 89.8 cm³/mol. The number of aryl methyl sites for hydroxylation is 1. The van der Waals surface area contributed by atoms with E-state index >= 15 is 0 Å². The van der Waals surface area contributed by atoms with Crippen molar-refractivity contribution in [3.63, 3.8) is 0 Å². The molecule has 3 aromatic rings. The van der Waals surface area contributed by atoms with Gasteiger partial charge < -0.3 is 5.73 Å². The van der Waals surface area contributed by atoms with Crippen LogP contribution in [0.2, 0.25) is 5.02 Å². The molecule has 24 heavy (non-hydrogen) atoms. The number of halogens is 3. The van der Waals surface area contributed by atoms with Crippen molar-refractivity contribution in [1.29, 1.82) is 0 Å². The third kappa shape index (κ3) is 2.79. The van der Waals surface area contributed by atoms with E-state index in [1.54, 1.807) is 12.1 Å². The average Bonchev–Trinajstić information content (AvgIpc) is 2.50. The second kappa shape index (κ2) is 6.30. The van der Waals surface area contributed by atoms with Crippen LogP contribution in [0, 0.1) is 18.6 Å². The maximum atomic E-state index is 13.6. The molecule has 124 valence electrons. The van der Waals surface area contributed by atoms with Crippen molar-refractivity contribution in [3.05, 3.63) is 68.7 Å². The first kappa shape index (κ1) is 16.5. The Bertz CT molecular complexity index is 981. The highest BCUT2D eigenvalue weighted by Gasteiger charge is 2.17. The van der Waals surface area contributed by atoms with Gasteiger partial charge in [-0.25, -0.2) is 13.8 Å². The Balaban J connectivity index is 2.45. The molecule has 0 bridgehead atoms. The van der Waals surface area contributed by atoms with Crippen molar-refractivity contribution >= 4 is 22.5 Å². The number of nitrogens with two attached hydrogens (primary N) is 1. The van der Waals surface area contributed by atoms with Gasteiger partial charge in [0.05, 0.1) is 21.6 Å². The lowest BCUT2D eigenvalue weighted by Crippen LogP contribution is -2.26. The van der Waals surface area contributed by atoms with Gasteiger partial charge in [0.15, 0.2) is 0 Å². The molecule has 0 unspecified atom stereocenters. The first-order chi connectivity index (χ1) is 11.4. The molecule has 7 heteroatoms. The van der Waals surface area contributed by atoms with Crippen LogP contribution in [0.5, 0.6) is 0 Å². The smallest absolute Gasteiger partial charge is 0.267 e. The number of benzene rings is 2. The molecule has 1 heterocycles. The molecule has 0 saturated heterocycles. The highest BCUT2D eigenvalue weighted by Crippen LogP contribution is 2.24. The Hall–Kier alpha value is -2.31. The fourth-order valence-electron chi connectivity index (χ4n) is 2.66. The first-order valence-electron chi connectivity index (χ1n) is 7.29. The van der Waals surface area contributed by atoms with E-state index in [9.17, 15) is 13.6 Å². The molecule has 0 saturated carbocycles. The van der Waals surface area contributed by atoms with Crippen molar-refractivity contribution in [3.8, 4) is 5.69 Å². The van der Waals surface area contributed by atoms with Crippen LogP contribution < -0.4 is 11.3 Å². The molecule has 4 nitrogen and oxygen atoms in total. The zero-order valence-electron chi connectivity index (χ0n) is 12.8. The van der Waals surface area contributed by atoms with E-state index in [-0.39, 0.29) is 29.1 Å². The summed E-state index contributed by atoms with van der Waals surface area (Å²) in [5, 5.41) is 0.445. The highest BCUT2D eigenvalue weighted by atomic mass is 35.5. The van der Waals surface area contributed by atoms with E-state index in [1.165, 1.54) is 0 Å². The molecular weight excluding hydrogens is 336 g/mol. The van der Waals surface area contributed by atoms with Crippen LogP contribution in [0.3, 0.4) is 0 Å². The van der Waals surface area contributed by atoms with Crippen LogP contribution in [0.15, 0.2) is 35.1 Å². The van der Waals surface area contributed by atoms with Gasteiger partial charge in [0, 0.05) is 12.5 Å². The second-order valence-corrected chi connectivity index (χ2v) is 5.83. The lowest BCUT2D eigenvalue weighted by Gasteiger charge is -2.15. The minimum absolute atomic E-state index is 0.0490. The molecule has 2 N–H and O–H groups in total. The van der Waals surface area contributed by atoms with Crippen LogP contribution in [0.25, 0.3) is 16.6 Å². The quantitative estimate of drug-likeness (QED) is 0.790. The summed E-state index contributed by atoms with van der Waals surface area (Å²) in [6.07, 6.45) is 0.273. The fraction of sp³-hybridized carbons (Fsp3) is 0.176. The molecule has 0 aliphatic rings. The maximum absolute atomic E-state index is 13.6. The molecule has 0 radical (unpaired) electrons. The second-order valence-electron chi connectivity index (χ2n) is 5.42. The molecule has 0 amide bonds. The Kier molecular flexibility index (Phi) is 4.34. The summed E-state index contributed by atoms with van der Waals surface area (Å²) in [4.78, 5) is 17.4. The van der Waals surface area contributed by atoms with E-state index in [0.29, 0.717) is 11.3 Å². The van der Waals surface area contributed by atoms with Crippen LogP contribution in [-0.2, 0) is 6.42 Å². The monoisotopic (exact) mass is 349 g/mol. The normalized spacial score (nSPS) is 11.2. The molecule has 0 aliphatic carbocycles. The zero-order valence-corrected chi connectivity index (χ0v) is 13.6. The molecule has 2 aromatic carbocycles. The summed E-state index contributed by atoms with van der Waals surface area (Å²) in [5.41, 5.74) is 6.41. The number of rotatable bonds is 3. The number of hydrogen-bond acceptors (Lipinski definition) is 3. The van der Waals surface area contributed by atoms with Crippen LogP contribution in [0.4, 0.5) is 8.78 Å². The molecule has 0 spiro atoms. The summed E-state index contributed by atoms with van der Waals surface area (Å²) in [6, 6.07) is 6.24. The van der Waals surface area contributed by atoms with Crippen molar-refractivity contribution in [1.82, 2.24) is 9.55 Å². The van der Waals surface area contributed by atoms with Gasteiger partial charge in [0.1, 0.15) is 17.5 Å². The van der Waals surface area contributed by atoms with E-state index in [0.717, 1.165) is 28.3 Å². The lowest BCUT2D eigenvalue weighted by molar-refractivity contribution is 0.580. The van der Waals surface area contributed by atoms with Gasteiger partial charge in [-0.3, -0.25) is 9.36 Å². The largest absolute Gasteiger partial charge is 0.330 e. The number of hydrogen-bond donors (Lipinski definition) is 1. The third-order valence-electron chi connectivity index (χ3n) is 3.72. The van der Waals surface area contributed by atoms with Crippen molar-refractivity contribution < 1.29 is 8.78 Å². The summed E-state index contributed by atoms with van der Waals surface area (Å²) in [6.45, 7) is 2.04. The average molecular weight is 350 g/mol. The van der Waals surface area contributed by atoms with E-state index in [4.69, 9.17) is 17.3 Å². The maximum Gasteiger partial charge on any atom is 0.267 e. The zero-order chi connectivity index (χ0) is 17.4. The van der Waals surface area contributed by atoms with Crippen LogP contribution in [0.1, 0.15) is 11.4 Å². The Morgan fingerprint density at radius 2 is 1.88 bits per heavy atom. The van der Waals surface area contributed by atoms with Crippen molar-refractivity contribution in [2.45, 2.75) is 13.3 Å². The highest BCUT2D eigenvalue weighted by molar-refractivity contribution is 6.35. The van der Waals surface area contributed by atoms with Crippen molar-refractivity contribution in [2.24, 2.45) is 5.73 Å². The Morgan fingerprint density at radius 3 is 2.50 bits per heavy atom. The molecule has 3 rings (SSSR count). The summed E-state index contributed by atoms with van der Waals surface area (Å²) in [7, 11) is 0. The SMILES string of the molecule is Cc1ccc(Cl)c2c(=O)n(-c3cc(F)cc(F)c3)c(CCN)nc12. The van der Waals surface area contributed by atoms with Gasteiger partial charge in [0.25, 0.3) is 5.56 Å². The van der Waals surface area contributed by atoms with Crippen LogP contribution in [-0.4, -0.2) is 16.1 Å². The lowest BCUT2D eigenvalue weighted by atomic mass is 10.1. The topological polar surface area (TPSA) is 60.9 Å². The molecule has 0 atom stereocenters. The predicted octanol–water partition coefficient (Wildman–Crippen LogP) is 3.13.